The Morgan fingerprint density at radius 3 is 1.41 bits per heavy atom. The normalized spacial score (nSPS) is 13.6. The smallest absolute Gasteiger partial charge is 0.181 e. The molecular weight excluding hydrogens is 452 g/mol. The van der Waals surface area contributed by atoms with E-state index in [1.54, 1.807) is 18.2 Å². The molecule has 3 aromatic rings. The quantitative estimate of drug-likeness (QED) is 0.362. The number of rotatable bonds is 14. The summed E-state index contributed by atoms with van der Waals surface area (Å²) in [5.41, 5.74) is 1.93. The summed E-state index contributed by atoms with van der Waals surface area (Å²) < 4.78 is 37.8. The van der Waals surface area contributed by atoms with Gasteiger partial charge in [0.15, 0.2) is 9.84 Å². The second-order valence-electron chi connectivity index (χ2n) is 8.26. The Morgan fingerprint density at radius 1 is 0.618 bits per heavy atom. The first-order valence-corrected chi connectivity index (χ1v) is 12.9. The minimum Gasteiger partial charge on any atom is -0.391 e. The SMILES string of the molecule is O=S(=O)(c1ccccc1)C(C[C@H](O)COCc1ccccc1)C[C@H](O)COCc1ccccc1. The molecule has 0 aliphatic carbocycles. The minimum absolute atomic E-state index is 0.00366. The molecule has 3 aromatic carbocycles. The van der Waals surface area contributed by atoms with Crippen LogP contribution in [0.4, 0.5) is 0 Å². The zero-order valence-electron chi connectivity index (χ0n) is 19.1. The standard InChI is InChI=1S/C27H32O6S/c28-24(20-32-18-22-10-4-1-5-11-22)16-27(34(30,31)26-14-8-3-9-15-26)17-25(29)21-33-19-23-12-6-2-7-13-23/h1-15,24-25,27-29H,16-21H2/t24-,25-/m0/s1. The molecule has 0 aliphatic rings. The molecule has 0 aromatic heterocycles. The highest BCUT2D eigenvalue weighted by atomic mass is 32.2. The van der Waals surface area contributed by atoms with Crippen molar-refractivity contribution in [2.45, 2.75) is 48.4 Å². The third kappa shape index (κ3) is 8.34. The number of aliphatic hydroxyl groups excluding tert-OH is 2. The van der Waals surface area contributed by atoms with Gasteiger partial charge in [-0.1, -0.05) is 78.9 Å². The summed E-state index contributed by atoms with van der Waals surface area (Å²) in [5.74, 6) is 0. The lowest BCUT2D eigenvalue weighted by Gasteiger charge is -2.23. The number of hydrogen-bond donors (Lipinski definition) is 2. The number of ether oxygens (including phenoxy) is 2. The van der Waals surface area contributed by atoms with E-state index in [-0.39, 0.29) is 31.0 Å². The zero-order valence-corrected chi connectivity index (χ0v) is 19.9. The highest BCUT2D eigenvalue weighted by Gasteiger charge is 2.31. The van der Waals surface area contributed by atoms with Gasteiger partial charge in [0.05, 0.1) is 48.8 Å². The van der Waals surface area contributed by atoms with Gasteiger partial charge in [-0.15, -0.1) is 0 Å². The summed E-state index contributed by atoms with van der Waals surface area (Å²) in [5, 5.41) is 20.1. The van der Waals surface area contributed by atoms with Gasteiger partial charge >= 0.3 is 0 Å². The molecule has 0 radical (unpaired) electrons. The maximum absolute atomic E-state index is 13.3. The molecule has 182 valence electrons. The topological polar surface area (TPSA) is 93.1 Å². The molecule has 34 heavy (non-hydrogen) atoms. The first-order chi connectivity index (χ1) is 16.4. The van der Waals surface area contributed by atoms with Crippen LogP contribution in [0.5, 0.6) is 0 Å². The fraction of sp³-hybridized carbons (Fsp3) is 0.333. The van der Waals surface area contributed by atoms with Gasteiger partial charge in [0.25, 0.3) is 0 Å². The van der Waals surface area contributed by atoms with Crippen molar-refractivity contribution in [2.24, 2.45) is 0 Å². The molecule has 0 amide bonds. The van der Waals surface area contributed by atoms with E-state index in [0.29, 0.717) is 13.2 Å². The van der Waals surface area contributed by atoms with Crippen molar-refractivity contribution in [3.63, 3.8) is 0 Å². The number of sulfone groups is 1. The molecule has 0 bridgehead atoms. The Balaban J connectivity index is 1.59. The zero-order chi connectivity index (χ0) is 24.2. The van der Waals surface area contributed by atoms with Crippen LogP contribution in [0, 0.1) is 0 Å². The average molecular weight is 485 g/mol. The maximum atomic E-state index is 13.3. The van der Waals surface area contributed by atoms with Crippen molar-refractivity contribution < 1.29 is 28.1 Å². The summed E-state index contributed by atoms with van der Waals surface area (Å²) in [4.78, 5) is 0.162. The van der Waals surface area contributed by atoms with Crippen LogP contribution in [-0.2, 0) is 32.5 Å². The summed E-state index contributed by atoms with van der Waals surface area (Å²) in [6.07, 6.45) is -2.10. The maximum Gasteiger partial charge on any atom is 0.181 e. The van der Waals surface area contributed by atoms with E-state index in [4.69, 9.17) is 9.47 Å². The predicted molar refractivity (Wildman–Crippen MR) is 131 cm³/mol. The first-order valence-electron chi connectivity index (χ1n) is 11.3. The first kappa shape index (κ1) is 26.1. The Morgan fingerprint density at radius 2 is 1.00 bits per heavy atom. The molecule has 0 saturated heterocycles. The van der Waals surface area contributed by atoms with Crippen LogP contribution in [0.25, 0.3) is 0 Å². The van der Waals surface area contributed by atoms with Gasteiger partial charge in [-0.3, -0.25) is 0 Å². The van der Waals surface area contributed by atoms with Crippen molar-refractivity contribution in [3.8, 4) is 0 Å². The summed E-state index contributed by atoms with van der Waals surface area (Å²) in [7, 11) is -3.78. The molecule has 7 heteroatoms. The molecule has 0 unspecified atom stereocenters. The Bertz CT molecular complexity index is 1000. The molecule has 0 heterocycles. The summed E-state index contributed by atoms with van der Waals surface area (Å²) in [6.45, 7) is 0.639. The van der Waals surface area contributed by atoms with Crippen LogP contribution in [0.3, 0.4) is 0 Å². The number of benzene rings is 3. The van der Waals surface area contributed by atoms with Crippen LogP contribution in [-0.4, -0.2) is 49.3 Å². The molecular formula is C27H32O6S. The molecule has 6 nitrogen and oxygen atoms in total. The van der Waals surface area contributed by atoms with Gasteiger partial charge in [-0.05, 0) is 36.1 Å². The van der Waals surface area contributed by atoms with Crippen molar-refractivity contribution in [2.75, 3.05) is 13.2 Å². The van der Waals surface area contributed by atoms with Gasteiger partial charge in [0.2, 0.25) is 0 Å². The average Bonchev–Trinajstić information content (AvgIpc) is 2.85. The molecule has 3 rings (SSSR count). The van der Waals surface area contributed by atoms with E-state index in [2.05, 4.69) is 0 Å². The van der Waals surface area contributed by atoms with Gasteiger partial charge in [-0.25, -0.2) is 8.42 Å². The Hall–Kier alpha value is -2.55. The van der Waals surface area contributed by atoms with E-state index in [1.165, 1.54) is 12.1 Å². The van der Waals surface area contributed by atoms with Gasteiger partial charge in [-0.2, -0.15) is 0 Å². The second-order valence-corrected chi connectivity index (χ2v) is 10.5. The predicted octanol–water partition coefficient (Wildman–Crippen LogP) is 3.76. The lowest BCUT2D eigenvalue weighted by atomic mass is 10.1. The minimum atomic E-state index is -3.78. The fourth-order valence-electron chi connectivity index (χ4n) is 3.67. The lowest BCUT2D eigenvalue weighted by molar-refractivity contribution is 0.0109. The highest BCUT2D eigenvalue weighted by Crippen LogP contribution is 2.24. The summed E-state index contributed by atoms with van der Waals surface area (Å²) >= 11 is 0. The number of aliphatic hydroxyl groups is 2. The van der Waals surface area contributed by atoms with E-state index in [0.717, 1.165) is 11.1 Å². The van der Waals surface area contributed by atoms with E-state index in [9.17, 15) is 18.6 Å². The van der Waals surface area contributed by atoms with E-state index < -0.39 is 27.3 Å². The third-order valence-corrected chi connectivity index (χ3v) is 7.62. The molecule has 0 aliphatic heterocycles. The second kappa shape index (κ2) is 13.4. The van der Waals surface area contributed by atoms with Crippen LogP contribution in [0.1, 0.15) is 24.0 Å². The fourth-order valence-corrected chi connectivity index (χ4v) is 5.54. The van der Waals surface area contributed by atoms with Gasteiger partial charge in [0, 0.05) is 0 Å². The molecule has 2 atom stereocenters. The van der Waals surface area contributed by atoms with Crippen LogP contribution >= 0.6 is 0 Å². The summed E-state index contributed by atoms with van der Waals surface area (Å²) in [6, 6.07) is 27.2. The van der Waals surface area contributed by atoms with Crippen LogP contribution < -0.4 is 0 Å². The van der Waals surface area contributed by atoms with Crippen LogP contribution in [0.2, 0.25) is 0 Å². The Labute approximate surface area is 201 Å². The van der Waals surface area contributed by atoms with Crippen molar-refractivity contribution in [1.82, 2.24) is 0 Å². The number of hydrogen-bond acceptors (Lipinski definition) is 6. The highest BCUT2D eigenvalue weighted by molar-refractivity contribution is 7.92. The molecule has 2 N–H and O–H groups in total. The van der Waals surface area contributed by atoms with Crippen LogP contribution in [0.15, 0.2) is 95.9 Å². The van der Waals surface area contributed by atoms with E-state index in [1.807, 2.05) is 60.7 Å². The lowest BCUT2D eigenvalue weighted by Crippen LogP contribution is -2.33. The molecule has 0 spiro atoms. The Kier molecular flexibility index (Phi) is 10.2. The molecule has 0 saturated carbocycles. The van der Waals surface area contributed by atoms with Gasteiger partial charge < -0.3 is 19.7 Å². The molecule has 0 fully saturated rings. The third-order valence-electron chi connectivity index (χ3n) is 5.42. The van der Waals surface area contributed by atoms with Crippen molar-refractivity contribution >= 4 is 9.84 Å². The van der Waals surface area contributed by atoms with Crippen molar-refractivity contribution in [1.29, 1.82) is 0 Å². The monoisotopic (exact) mass is 484 g/mol. The largest absolute Gasteiger partial charge is 0.391 e. The van der Waals surface area contributed by atoms with E-state index >= 15 is 0 Å². The van der Waals surface area contributed by atoms with Crippen molar-refractivity contribution in [3.05, 3.63) is 102 Å². The van der Waals surface area contributed by atoms with Gasteiger partial charge in [0.1, 0.15) is 0 Å².